The molecule has 1 aromatic rings. The molecule has 1 aromatic carbocycles. The summed E-state index contributed by atoms with van der Waals surface area (Å²) in [6.45, 7) is 8.43. The minimum atomic E-state index is -0.0644. The highest BCUT2D eigenvalue weighted by molar-refractivity contribution is 8.14. The predicted molar refractivity (Wildman–Crippen MR) is 85.1 cm³/mol. The zero-order valence-electron chi connectivity index (χ0n) is 12.0. The second-order valence-corrected chi connectivity index (χ2v) is 6.56. The van der Waals surface area contributed by atoms with Gasteiger partial charge in [0.2, 0.25) is 0 Å². The first-order chi connectivity index (χ1) is 8.98. The summed E-state index contributed by atoms with van der Waals surface area (Å²) in [6, 6.07) is 8.63. The summed E-state index contributed by atoms with van der Waals surface area (Å²) < 4.78 is 0. The van der Waals surface area contributed by atoms with E-state index in [1.54, 1.807) is 11.8 Å². The van der Waals surface area contributed by atoms with Gasteiger partial charge in [-0.25, -0.2) is 0 Å². The minimum absolute atomic E-state index is 0.0644. The number of hydrogen-bond acceptors (Lipinski definition) is 3. The molecule has 2 rings (SSSR count). The molecular weight excluding hydrogens is 254 g/mol. The van der Waals surface area contributed by atoms with Crippen molar-refractivity contribution >= 4 is 22.6 Å². The van der Waals surface area contributed by atoms with Crippen LogP contribution < -0.4 is 5.43 Å². The Labute approximate surface area is 119 Å². The van der Waals surface area contributed by atoms with E-state index in [4.69, 9.17) is 0 Å². The molecule has 0 aliphatic carbocycles. The van der Waals surface area contributed by atoms with E-state index in [0.717, 1.165) is 23.1 Å². The van der Waals surface area contributed by atoms with Gasteiger partial charge in [-0.05, 0) is 38.3 Å². The molecule has 102 valence electrons. The normalized spacial score (nSPS) is 18.1. The Balaban J connectivity index is 2.10. The van der Waals surface area contributed by atoms with Gasteiger partial charge in [0.05, 0.1) is 11.3 Å². The van der Waals surface area contributed by atoms with Gasteiger partial charge in [0, 0.05) is 5.75 Å². The summed E-state index contributed by atoms with van der Waals surface area (Å²) in [5.41, 5.74) is 6.62. The summed E-state index contributed by atoms with van der Waals surface area (Å²) in [6.07, 6.45) is 1.07. The number of thioether (sulfide) groups is 1. The molecule has 1 N–H and O–H groups in total. The predicted octanol–water partition coefficient (Wildman–Crippen LogP) is 3.44. The Kier molecular flexibility index (Phi) is 4.30. The standard InChI is InChI=1S/C15H21N3S/c1-5-11-6-8-12(9-7-11)13-10-19-14(18-17-13)16-15(2,3)4/h6-9H,5,10H2,1-4H3,(H,16,18). The van der Waals surface area contributed by atoms with E-state index in [1.165, 1.54) is 11.1 Å². The second kappa shape index (κ2) is 5.78. The molecule has 1 heterocycles. The second-order valence-electron chi connectivity index (χ2n) is 5.60. The first kappa shape index (κ1) is 14.1. The molecule has 3 nitrogen and oxygen atoms in total. The van der Waals surface area contributed by atoms with Crippen LogP contribution in [0.5, 0.6) is 0 Å². The number of benzene rings is 1. The Bertz CT molecular complexity index is 495. The largest absolute Gasteiger partial charge is 0.256 e. The molecule has 0 atom stereocenters. The van der Waals surface area contributed by atoms with Gasteiger partial charge in [0.1, 0.15) is 0 Å². The Morgan fingerprint density at radius 2 is 1.95 bits per heavy atom. The van der Waals surface area contributed by atoms with E-state index in [2.05, 4.69) is 67.5 Å². The fourth-order valence-corrected chi connectivity index (χ4v) is 2.71. The van der Waals surface area contributed by atoms with E-state index >= 15 is 0 Å². The molecule has 0 spiro atoms. The van der Waals surface area contributed by atoms with E-state index in [1.807, 2.05) is 0 Å². The van der Waals surface area contributed by atoms with Crippen molar-refractivity contribution in [2.24, 2.45) is 10.1 Å². The van der Waals surface area contributed by atoms with Crippen molar-refractivity contribution in [1.82, 2.24) is 5.43 Å². The average Bonchev–Trinajstić information content (AvgIpc) is 2.38. The lowest BCUT2D eigenvalue weighted by Crippen LogP contribution is -2.28. The lowest BCUT2D eigenvalue weighted by molar-refractivity contribution is 0.582. The maximum Gasteiger partial charge on any atom is 0.178 e. The van der Waals surface area contributed by atoms with Crippen molar-refractivity contribution in [2.45, 2.75) is 39.7 Å². The van der Waals surface area contributed by atoms with Crippen LogP contribution in [0.1, 0.15) is 38.8 Å². The highest BCUT2D eigenvalue weighted by Crippen LogP contribution is 2.17. The number of nitrogens with one attached hydrogen (secondary N) is 1. The molecule has 0 radical (unpaired) electrons. The van der Waals surface area contributed by atoms with Gasteiger partial charge in [-0.1, -0.05) is 43.0 Å². The minimum Gasteiger partial charge on any atom is -0.256 e. The SMILES string of the molecule is CCc1ccc(C2=NNC(=NC(C)(C)C)SC2)cc1. The molecule has 0 saturated heterocycles. The smallest absolute Gasteiger partial charge is 0.178 e. The zero-order valence-corrected chi connectivity index (χ0v) is 12.8. The van der Waals surface area contributed by atoms with Crippen LogP contribution in [0, 0.1) is 0 Å². The fraction of sp³-hybridized carbons (Fsp3) is 0.467. The summed E-state index contributed by atoms with van der Waals surface area (Å²) in [5, 5.41) is 5.34. The monoisotopic (exact) mass is 275 g/mol. The number of hydrogen-bond donors (Lipinski definition) is 1. The molecular formula is C15H21N3S. The first-order valence-electron chi connectivity index (χ1n) is 6.62. The Hall–Kier alpha value is -1.29. The van der Waals surface area contributed by atoms with Crippen LogP contribution in [0.25, 0.3) is 0 Å². The van der Waals surface area contributed by atoms with Crippen molar-refractivity contribution in [2.75, 3.05) is 5.75 Å². The van der Waals surface area contributed by atoms with Crippen LogP contribution in [0.15, 0.2) is 34.4 Å². The maximum atomic E-state index is 4.59. The van der Waals surface area contributed by atoms with Crippen LogP contribution in [0.3, 0.4) is 0 Å². The Morgan fingerprint density at radius 1 is 1.26 bits per heavy atom. The molecule has 0 bridgehead atoms. The zero-order chi connectivity index (χ0) is 13.9. The van der Waals surface area contributed by atoms with Crippen molar-refractivity contribution in [3.8, 4) is 0 Å². The van der Waals surface area contributed by atoms with Crippen LogP contribution in [0.2, 0.25) is 0 Å². The van der Waals surface area contributed by atoms with Crippen LogP contribution >= 0.6 is 11.8 Å². The Morgan fingerprint density at radius 3 is 2.42 bits per heavy atom. The van der Waals surface area contributed by atoms with Crippen molar-refractivity contribution in [1.29, 1.82) is 0 Å². The molecule has 0 saturated carbocycles. The quantitative estimate of drug-likeness (QED) is 0.897. The molecule has 19 heavy (non-hydrogen) atoms. The van der Waals surface area contributed by atoms with Gasteiger partial charge in [-0.2, -0.15) is 5.10 Å². The molecule has 0 unspecified atom stereocenters. The topological polar surface area (TPSA) is 36.8 Å². The van der Waals surface area contributed by atoms with E-state index in [-0.39, 0.29) is 5.54 Å². The molecule has 1 aliphatic heterocycles. The number of aliphatic imine (C=N–C) groups is 1. The molecule has 0 amide bonds. The van der Waals surface area contributed by atoms with Gasteiger partial charge in [0.25, 0.3) is 0 Å². The summed E-state index contributed by atoms with van der Waals surface area (Å²) in [5.74, 6) is 0.868. The van der Waals surface area contributed by atoms with Crippen molar-refractivity contribution < 1.29 is 0 Å². The van der Waals surface area contributed by atoms with Gasteiger partial charge < -0.3 is 0 Å². The third-order valence-corrected chi connectivity index (χ3v) is 3.64. The highest BCUT2D eigenvalue weighted by Gasteiger charge is 2.16. The van der Waals surface area contributed by atoms with Crippen LogP contribution in [-0.2, 0) is 6.42 Å². The van der Waals surface area contributed by atoms with E-state index in [0.29, 0.717) is 0 Å². The summed E-state index contributed by atoms with van der Waals surface area (Å²) in [4.78, 5) is 4.59. The van der Waals surface area contributed by atoms with Crippen molar-refractivity contribution in [3.05, 3.63) is 35.4 Å². The molecule has 4 heteroatoms. The lowest BCUT2D eigenvalue weighted by atomic mass is 10.1. The van der Waals surface area contributed by atoms with E-state index in [9.17, 15) is 0 Å². The number of nitrogens with zero attached hydrogens (tertiary/aromatic N) is 2. The van der Waals surface area contributed by atoms with Gasteiger partial charge >= 0.3 is 0 Å². The third-order valence-electron chi connectivity index (χ3n) is 2.76. The first-order valence-corrected chi connectivity index (χ1v) is 7.61. The molecule has 0 fully saturated rings. The number of rotatable bonds is 2. The third kappa shape index (κ3) is 4.10. The van der Waals surface area contributed by atoms with Crippen molar-refractivity contribution in [3.63, 3.8) is 0 Å². The van der Waals surface area contributed by atoms with E-state index < -0.39 is 0 Å². The number of hydrazone groups is 1. The molecule has 1 aliphatic rings. The lowest BCUT2D eigenvalue weighted by Gasteiger charge is -2.19. The highest BCUT2D eigenvalue weighted by atomic mass is 32.2. The summed E-state index contributed by atoms with van der Waals surface area (Å²) >= 11 is 1.71. The maximum absolute atomic E-state index is 4.59. The van der Waals surface area contributed by atoms with Gasteiger partial charge in [-0.15, -0.1) is 0 Å². The van der Waals surface area contributed by atoms with Crippen LogP contribution in [-0.4, -0.2) is 22.2 Å². The average molecular weight is 275 g/mol. The fourth-order valence-electron chi connectivity index (χ4n) is 1.76. The van der Waals surface area contributed by atoms with Gasteiger partial charge in [0.15, 0.2) is 5.17 Å². The number of amidine groups is 1. The number of aryl methyl sites for hydroxylation is 1. The van der Waals surface area contributed by atoms with Gasteiger partial charge in [-0.3, -0.25) is 10.4 Å². The summed E-state index contributed by atoms with van der Waals surface area (Å²) in [7, 11) is 0. The van der Waals surface area contributed by atoms with Crippen LogP contribution in [0.4, 0.5) is 0 Å². The molecule has 0 aromatic heterocycles.